The van der Waals surface area contributed by atoms with Gasteiger partial charge in [0.15, 0.2) is 5.78 Å². The van der Waals surface area contributed by atoms with Crippen molar-refractivity contribution in [1.29, 1.82) is 0 Å². The second-order valence-electron chi connectivity index (χ2n) is 6.67. The number of anilines is 1. The summed E-state index contributed by atoms with van der Waals surface area (Å²) in [5.41, 5.74) is 10.1. The molecule has 4 nitrogen and oxygen atoms in total. The van der Waals surface area contributed by atoms with Gasteiger partial charge in [0.1, 0.15) is 5.69 Å². The highest BCUT2D eigenvalue weighted by atomic mass is 16.1. The molecule has 0 aliphatic heterocycles. The number of rotatable bonds is 5. The van der Waals surface area contributed by atoms with Gasteiger partial charge in [-0.2, -0.15) is 0 Å². The van der Waals surface area contributed by atoms with E-state index in [4.69, 9.17) is 5.73 Å². The summed E-state index contributed by atoms with van der Waals surface area (Å²) in [5, 5.41) is 0. The average Bonchev–Trinajstić information content (AvgIpc) is 3.05. The summed E-state index contributed by atoms with van der Waals surface area (Å²) in [6, 6.07) is 21.9. The van der Waals surface area contributed by atoms with Crippen molar-refractivity contribution in [3.63, 3.8) is 0 Å². The Bertz CT molecular complexity index is 1170. The predicted octanol–water partition coefficient (Wildman–Crippen LogP) is 4.55. The van der Waals surface area contributed by atoms with Crippen LogP contribution in [0.15, 0.2) is 79.0 Å². The minimum Gasteiger partial charge on any atom is -0.396 e. The van der Waals surface area contributed by atoms with E-state index in [9.17, 15) is 9.59 Å². The summed E-state index contributed by atoms with van der Waals surface area (Å²) in [6.45, 7) is 2.07. The molecule has 4 rings (SSSR count). The number of ketones is 2. The maximum absolute atomic E-state index is 13.2. The molecule has 0 aliphatic rings. The van der Waals surface area contributed by atoms with Gasteiger partial charge in [0, 0.05) is 17.3 Å². The number of carbonyl (C=O) groups is 2. The monoisotopic (exact) mass is 368 g/mol. The van der Waals surface area contributed by atoms with E-state index in [2.05, 4.69) is 6.92 Å². The maximum atomic E-state index is 13.2. The van der Waals surface area contributed by atoms with Crippen LogP contribution in [0.25, 0.3) is 5.52 Å². The smallest absolute Gasteiger partial charge is 0.211 e. The number of aryl methyl sites for hydroxylation is 1. The summed E-state index contributed by atoms with van der Waals surface area (Å²) in [7, 11) is 0. The number of fused-ring (bicyclic) bond motifs is 1. The van der Waals surface area contributed by atoms with E-state index in [0.29, 0.717) is 27.9 Å². The molecule has 0 aliphatic carbocycles. The highest BCUT2D eigenvalue weighted by Gasteiger charge is 2.26. The van der Waals surface area contributed by atoms with E-state index in [1.807, 2.05) is 60.7 Å². The molecule has 0 unspecified atom stereocenters. The molecular weight excluding hydrogens is 348 g/mol. The third-order valence-corrected chi connectivity index (χ3v) is 4.98. The molecule has 4 aromatic rings. The van der Waals surface area contributed by atoms with Crippen LogP contribution in [0.4, 0.5) is 5.69 Å². The van der Waals surface area contributed by atoms with E-state index in [1.165, 1.54) is 0 Å². The number of hydrogen-bond acceptors (Lipinski definition) is 3. The van der Waals surface area contributed by atoms with E-state index in [0.717, 1.165) is 12.0 Å². The van der Waals surface area contributed by atoms with Crippen LogP contribution in [0, 0.1) is 0 Å². The number of carbonyl (C=O) groups excluding carboxylic acids is 2. The third-order valence-electron chi connectivity index (χ3n) is 4.98. The standard InChI is InChI=1S/C24H20N2O2/c1-2-16-11-13-18(14-12-16)24(28)22-21(25)20(19-10-6-7-15-26(19)22)23(27)17-8-4-3-5-9-17/h3-15H,2,25H2,1H3. The first-order valence-electron chi connectivity index (χ1n) is 9.23. The number of nitrogen functional groups attached to an aromatic ring is 1. The van der Waals surface area contributed by atoms with Gasteiger partial charge in [0.2, 0.25) is 5.78 Å². The molecule has 0 atom stereocenters. The highest BCUT2D eigenvalue weighted by molar-refractivity contribution is 6.22. The molecule has 0 saturated heterocycles. The van der Waals surface area contributed by atoms with E-state index in [1.54, 1.807) is 22.7 Å². The van der Waals surface area contributed by atoms with Crippen LogP contribution < -0.4 is 5.73 Å². The number of pyridine rings is 1. The Morgan fingerprint density at radius 1 is 0.821 bits per heavy atom. The minimum absolute atomic E-state index is 0.192. The van der Waals surface area contributed by atoms with Crippen LogP contribution in [0.3, 0.4) is 0 Å². The van der Waals surface area contributed by atoms with Crippen LogP contribution >= 0.6 is 0 Å². The normalized spacial score (nSPS) is 10.9. The van der Waals surface area contributed by atoms with Gasteiger partial charge >= 0.3 is 0 Å². The number of benzene rings is 2. The van der Waals surface area contributed by atoms with Gasteiger partial charge in [-0.15, -0.1) is 0 Å². The molecule has 0 radical (unpaired) electrons. The molecule has 0 bridgehead atoms. The molecule has 0 fully saturated rings. The van der Waals surface area contributed by atoms with E-state index < -0.39 is 0 Å². The summed E-state index contributed by atoms with van der Waals surface area (Å²) >= 11 is 0. The zero-order valence-electron chi connectivity index (χ0n) is 15.6. The quantitative estimate of drug-likeness (QED) is 0.526. The van der Waals surface area contributed by atoms with Gasteiger partial charge in [-0.05, 0) is 24.1 Å². The van der Waals surface area contributed by atoms with Crippen molar-refractivity contribution in [2.24, 2.45) is 0 Å². The Kier molecular flexibility index (Phi) is 4.53. The molecular formula is C24H20N2O2. The molecule has 2 heterocycles. The number of aromatic nitrogens is 1. The Morgan fingerprint density at radius 2 is 1.46 bits per heavy atom. The third kappa shape index (κ3) is 2.89. The maximum Gasteiger partial charge on any atom is 0.211 e. The highest BCUT2D eigenvalue weighted by Crippen LogP contribution is 2.30. The average molecular weight is 368 g/mol. The predicted molar refractivity (Wildman–Crippen MR) is 111 cm³/mol. The fourth-order valence-electron chi connectivity index (χ4n) is 3.46. The second-order valence-corrected chi connectivity index (χ2v) is 6.67. The van der Waals surface area contributed by atoms with E-state index in [-0.39, 0.29) is 17.3 Å². The molecule has 138 valence electrons. The summed E-state index contributed by atoms with van der Waals surface area (Å²) in [5.74, 6) is -0.393. The molecule has 28 heavy (non-hydrogen) atoms. The van der Waals surface area contributed by atoms with Crippen molar-refractivity contribution in [1.82, 2.24) is 4.40 Å². The van der Waals surface area contributed by atoms with Gasteiger partial charge < -0.3 is 10.1 Å². The first kappa shape index (κ1) is 17.7. The Balaban J connectivity index is 1.89. The van der Waals surface area contributed by atoms with Crippen molar-refractivity contribution < 1.29 is 9.59 Å². The van der Waals surface area contributed by atoms with Crippen molar-refractivity contribution in [2.45, 2.75) is 13.3 Å². The van der Waals surface area contributed by atoms with Gasteiger partial charge in [-0.3, -0.25) is 9.59 Å². The van der Waals surface area contributed by atoms with Crippen molar-refractivity contribution >= 4 is 22.8 Å². The zero-order valence-corrected chi connectivity index (χ0v) is 15.6. The van der Waals surface area contributed by atoms with Crippen molar-refractivity contribution in [3.05, 3.63) is 107 Å². The second kappa shape index (κ2) is 7.16. The van der Waals surface area contributed by atoms with Gasteiger partial charge in [0.05, 0.1) is 16.8 Å². The number of hydrogen-bond donors (Lipinski definition) is 1. The topological polar surface area (TPSA) is 64.6 Å². The SMILES string of the molecule is CCc1ccc(C(=O)c2c(N)c(C(=O)c3ccccc3)c3ccccn23)cc1. The Morgan fingerprint density at radius 3 is 2.14 bits per heavy atom. The first-order chi connectivity index (χ1) is 13.6. The lowest BCUT2D eigenvalue weighted by molar-refractivity contribution is 0.103. The minimum atomic E-state index is -0.200. The van der Waals surface area contributed by atoms with Crippen molar-refractivity contribution in [3.8, 4) is 0 Å². The fraction of sp³-hybridized carbons (Fsp3) is 0.0833. The van der Waals surface area contributed by atoms with Crippen LogP contribution in [0.2, 0.25) is 0 Å². The molecule has 2 aromatic carbocycles. The van der Waals surface area contributed by atoms with E-state index >= 15 is 0 Å². The van der Waals surface area contributed by atoms with Crippen LogP contribution in [-0.2, 0) is 6.42 Å². The lowest BCUT2D eigenvalue weighted by Crippen LogP contribution is -2.09. The Labute approximate surface area is 163 Å². The lowest BCUT2D eigenvalue weighted by Gasteiger charge is -2.05. The molecule has 2 aromatic heterocycles. The van der Waals surface area contributed by atoms with Gasteiger partial charge in [0.25, 0.3) is 0 Å². The van der Waals surface area contributed by atoms with Gasteiger partial charge in [-0.25, -0.2) is 0 Å². The molecule has 4 heteroatoms. The Hall–Kier alpha value is -3.66. The van der Waals surface area contributed by atoms with Crippen molar-refractivity contribution in [2.75, 3.05) is 5.73 Å². The van der Waals surface area contributed by atoms with Crippen LogP contribution in [0.5, 0.6) is 0 Å². The molecule has 2 N–H and O–H groups in total. The number of nitrogens with two attached hydrogens (primary N) is 1. The lowest BCUT2D eigenvalue weighted by atomic mass is 10.0. The van der Waals surface area contributed by atoms with Gasteiger partial charge in [-0.1, -0.05) is 67.6 Å². The first-order valence-corrected chi connectivity index (χ1v) is 9.23. The summed E-state index contributed by atoms with van der Waals surface area (Å²) < 4.78 is 1.71. The fourth-order valence-corrected chi connectivity index (χ4v) is 3.46. The molecule has 0 spiro atoms. The molecule has 0 saturated carbocycles. The number of nitrogens with zero attached hydrogens (tertiary/aromatic N) is 1. The largest absolute Gasteiger partial charge is 0.396 e. The molecule has 0 amide bonds. The summed E-state index contributed by atoms with van der Waals surface area (Å²) in [4.78, 5) is 26.4. The van der Waals surface area contributed by atoms with Crippen LogP contribution in [-0.4, -0.2) is 16.0 Å². The summed E-state index contributed by atoms with van der Waals surface area (Å²) in [6.07, 6.45) is 2.67. The zero-order chi connectivity index (χ0) is 19.7. The van der Waals surface area contributed by atoms with Crippen LogP contribution in [0.1, 0.15) is 44.5 Å².